The van der Waals surface area contributed by atoms with E-state index in [-0.39, 0.29) is 29.0 Å². The molecule has 1 unspecified atom stereocenters. The van der Waals surface area contributed by atoms with Crippen molar-refractivity contribution in [1.29, 1.82) is 0 Å². The largest absolute Gasteiger partial charge is 0.456 e. The van der Waals surface area contributed by atoms with Crippen LogP contribution < -0.4 is 4.74 Å². The highest BCUT2D eigenvalue weighted by molar-refractivity contribution is 7.91. The number of benzene rings is 2. The minimum absolute atomic E-state index is 0.0485. The third-order valence-corrected chi connectivity index (χ3v) is 6.69. The third kappa shape index (κ3) is 6.30. The van der Waals surface area contributed by atoms with E-state index in [2.05, 4.69) is 0 Å². The summed E-state index contributed by atoms with van der Waals surface area (Å²) in [5.74, 6) is 0.00452. The predicted molar refractivity (Wildman–Crippen MR) is 117 cm³/mol. The van der Waals surface area contributed by atoms with Gasteiger partial charge in [0, 0.05) is 12.6 Å². The van der Waals surface area contributed by atoms with Crippen LogP contribution in [0.5, 0.6) is 11.5 Å². The molecular formula is C23H27NO6S. The minimum Gasteiger partial charge on any atom is -0.456 e. The van der Waals surface area contributed by atoms with E-state index in [0.29, 0.717) is 24.5 Å². The maximum Gasteiger partial charge on any atom is 0.342 e. The topological polar surface area (TPSA) is 90.0 Å². The SMILES string of the molecule is CC(C)CN(C(=O)COC(=O)c1ccccc1Oc1ccccc1)C1CCS(=O)(=O)C1. The summed E-state index contributed by atoms with van der Waals surface area (Å²) in [5, 5.41) is 0. The number of ether oxygens (including phenoxy) is 2. The van der Waals surface area contributed by atoms with Gasteiger partial charge < -0.3 is 14.4 Å². The molecule has 2 aromatic carbocycles. The van der Waals surface area contributed by atoms with Crippen LogP contribution in [0.4, 0.5) is 0 Å². The predicted octanol–water partition coefficient (Wildman–Crippen LogP) is 3.31. The Balaban J connectivity index is 1.67. The average molecular weight is 446 g/mol. The van der Waals surface area contributed by atoms with Gasteiger partial charge >= 0.3 is 5.97 Å². The molecule has 1 fully saturated rings. The van der Waals surface area contributed by atoms with E-state index in [4.69, 9.17) is 9.47 Å². The van der Waals surface area contributed by atoms with Crippen LogP contribution in [0.15, 0.2) is 54.6 Å². The Morgan fingerprint density at radius 3 is 2.39 bits per heavy atom. The van der Waals surface area contributed by atoms with E-state index in [9.17, 15) is 18.0 Å². The molecule has 1 heterocycles. The lowest BCUT2D eigenvalue weighted by Crippen LogP contribution is -2.45. The molecule has 0 radical (unpaired) electrons. The standard InChI is InChI=1S/C23H27NO6S/c1-17(2)14-24(18-12-13-31(27,28)16-18)22(25)15-29-23(26)20-10-6-7-11-21(20)30-19-8-4-3-5-9-19/h3-11,17-18H,12-16H2,1-2H3. The zero-order valence-electron chi connectivity index (χ0n) is 17.7. The van der Waals surface area contributed by atoms with Gasteiger partial charge in [0.1, 0.15) is 17.1 Å². The monoisotopic (exact) mass is 445 g/mol. The van der Waals surface area contributed by atoms with Gasteiger partial charge in [-0.2, -0.15) is 0 Å². The van der Waals surface area contributed by atoms with Crippen LogP contribution in [-0.4, -0.2) is 55.9 Å². The first-order valence-corrected chi connectivity index (χ1v) is 12.1. The molecule has 31 heavy (non-hydrogen) atoms. The normalized spacial score (nSPS) is 17.3. The van der Waals surface area contributed by atoms with Crippen molar-refractivity contribution < 1.29 is 27.5 Å². The van der Waals surface area contributed by atoms with Gasteiger partial charge in [-0.15, -0.1) is 0 Å². The highest BCUT2D eigenvalue weighted by Gasteiger charge is 2.35. The van der Waals surface area contributed by atoms with Gasteiger partial charge in [0.05, 0.1) is 11.5 Å². The first-order valence-electron chi connectivity index (χ1n) is 10.2. The van der Waals surface area contributed by atoms with Crippen LogP contribution in [0.3, 0.4) is 0 Å². The van der Waals surface area contributed by atoms with E-state index in [1.165, 1.54) is 4.90 Å². The highest BCUT2D eigenvalue weighted by atomic mass is 32.2. The molecule has 1 saturated heterocycles. The van der Waals surface area contributed by atoms with Crippen LogP contribution in [0.2, 0.25) is 0 Å². The van der Waals surface area contributed by atoms with E-state index in [1.54, 1.807) is 36.4 Å². The van der Waals surface area contributed by atoms with Crippen molar-refractivity contribution in [3.8, 4) is 11.5 Å². The van der Waals surface area contributed by atoms with Gasteiger partial charge in [-0.05, 0) is 36.6 Å². The van der Waals surface area contributed by atoms with Gasteiger partial charge in [-0.1, -0.05) is 44.2 Å². The fraction of sp³-hybridized carbons (Fsp3) is 0.391. The molecule has 2 aromatic rings. The number of sulfone groups is 1. The molecule has 1 aliphatic heterocycles. The van der Waals surface area contributed by atoms with Crippen molar-refractivity contribution >= 4 is 21.7 Å². The minimum atomic E-state index is -3.14. The molecule has 0 bridgehead atoms. The Labute approximate surface area is 182 Å². The summed E-state index contributed by atoms with van der Waals surface area (Å²) >= 11 is 0. The average Bonchev–Trinajstić information content (AvgIpc) is 3.10. The smallest absolute Gasteiger partial charge is 0.342 e. The lowest BCUT2D eigenvalue weighted by molar-refractivity contribution is -0.137. The molecule has 1 amide bonds. The van der Waals surface area contributed by atoms with E-state index in [1.807, 2.05) is 32.0 Å². The van der Waals surface area contributed by atoms with E-state index < -0.39 is 28.3 Å². The van der Waals surface area contributed by atoms with Crippen molar-refractivity contribution in [2.24, 2.45) is 5.92 Å². The van der Waals surface area contributed by atoms with Crippen molar-refractivity contribution in [3.05, 3.63) is 60.2 Å². The fourth-order valence-corrected chi connectivity index (χ4v) is 5.23. The van der Waals surface area contributed by atoms with Crippen molar-refractivity contribution in [2.75, 3.05) is 24.7 Å². The molecule has 0 aromatic heterocycles. The fourth-order valence-electron chi connectivity index (χ4n) is 3.50. The number of rotatable bonds is 8. The number of esters is 1. The van der Waals surface area contributed by atoms with Gasteiger partial charge in [0.2, 0.25) is 0 Å². The van der Waals surface area contributed by atoms with Gasteiger partial charge in [-0.25, -0.2) is 13.2 Å². The summed E-state index contributed by atoms with van der Waals surface area (Å²) in [6.45, 7) is 3.85. The van der Waals surface area contributed by atoms with E-state index >= 15 is 0 Å². The number of carbonyl (C=O) groups excluding carboxylic acids is 2. The van der Waals surface area contributed by atoms with Crippen molar-refractivity contribution in [3.63, 3.8) is 0 Å². The molecule has 0 saturated carbocycles. The summed E-state index contributed by atoms with van der Waals surface area (Å²) < 4.78 is 34.8. The second-order valence-corrected chi connectivity index (χ2v) is 10.2. The molecule has 0 aliphatic carbocycles. The third-order valence-electron chi connectivity index (χ3n) is 4.94. The Morgan fingerprint density at radius 2 is 1.74 bits per heavy atom. The lowest BCUT2D eigenvalue weighted by atomic mass is 10.1. The van der Waals surface area contributed by atoms with Gasteiger partial charge in [-0.3, -0.25) is 4.79 Å². The Morgan fingerprint density at radius 1 is 1.06 bits per heavy atom. The maximum absolute atomic E-state index is 12.8. The van der Waals surface area contributed by atoms with Crippen molar-refractivity contribution in [1.82, 2.24) is 4.90 Å². The Bertz CT molecular complexity index is 1020. The number of hydrogen-bond acceptors (Lipinski definition) is 6. The molecule has 1 aliphatic rings. The Hall–Kier alpha value is -2.87. The lowest BCUT2D eigenvalue weighted by Gasteiger charge is -2.29. The molecule has 8 heteroatoms. The molecule has 0 N–H and O–H groups in total. The quantitative estimate of drug-likeness (QED) is 0.579. The number of nitrogens with zero attached hydrogens (tertiary/aromatic N) is 1. The first kappa shape index (κ1) is 22.8. The number of carbonyl (C=O) groups is 2. The summed E-state index contributed by atoms with van der Waals surface area (Å²) in [7, 11) is -3.14. The second-order valence-electron chi connectivity index (χ2n) is 7.98. The molecule has 3 rings (SSSR count). The summed E-state index contributed by atoms with van der Waals surface area (Å²) in [6, 6.07) is 15.3. The molecule has 166 valence electrons. The maximum atomic E-state index is 12.8. The van der Waals surface area contributed by atoms with Crippen LogP contribution >= 0.6 is 0 Å². The van der Waals surface area contributed by atoms with Gasteiger partial charge in [0.15, 0.2) is 16.4 Å². The summed E-state index contributed by atoms with van der Waals surface area (Å²) in [6.07, 6.45) is 0.405. The number of para-hydroxylation sites is 2. The zero-order valence-corrected chi connectivity index (χ0v) is 18.5. The van der Waals surface area contributed by atoms with Crippen molar-refractivity contribution in [2.45, 2.75) is 26.3 Å². The number of amides is 1. The Kier molecular flexibility index (Phi) is 7.33. The van der Waals surface area contributed by atoms with E-state index in [0.717, 1.165) is 0 Å². The molecule has 0 spiro atoms. The summed E-state index contributed by atoms with van der Waals surface area (Å²) in [5.41, 5.74) is 0.206. The van der Waals surface area contributed by atoms with Crippen LogP contribution in [0, 0.1) is 5.92 Å². The molecular weight excluding hydrogens is 418 g/mol. The van der Waals surface area contributed by atoms with Gasteiger partial charge in [0.25, 0.3) is 5.91 Å². The molecule has 1 atom stereocenters. The summed E-state index contributed by atoms with van der Waals surface area (Å²) in [4.78, 5) is 27.0. The number of hydrogen-bond donors (Lipinski definition) is 0. The van der Waals surface area contributed by atoms with Crippen LogP contribution in [-0.2, 0) is 19.4 Å². The van der Waals surface area contributed by atoms with Crippen LogP contribution in [0.1, 0.15) is 30.6 Å². The first-order chi connectivity index (χ1) is 14.7. The second kappa shape index (κ2) is 9.96. The highest BCUT2D eigenvalue weighted by Crippen LogP contribution is 2.26. The van der Waals surface area contributed by atoms with Crippen LogP contribution in [0.25, 0.3) is 0 Å². The zero-order chi connectivity index (χ0) is 22.4. The molecule has 7 nitrogen and oxygen atoms in total.